The van der Waals surface area contributed by atoms with Crippen LogP contribution < -0.4 is 5.32 Å². The molecule has 0 bridgehead atoms. The Balaban J connectivity index is 1.49. The Hall–Kier alpha value is -2.12. The second-order valence-corrected chi connectivity index (χ2v) is 6.53. The predicted octanol–water partition coefficient (Wildman–Crippen LogP) is 1.36. The standard InChI is InChI=1S/C17H24ClN7/c1-19-17(20-11-16-21-13-22-23(16)2)25-8-6-24(7-9-25)12-14-4-3-5-15(18)10-14/h3-5,10,13H,6-9,11-12H2,1-2H3,(H,19,20). The van der Waals surface area contributed by atoms with Crippen molar-refractivity contribution in [2.24, 2.45) is 12.0 Å². The second-order valence-electron chi connectivity index (χ2n) is 6.09. The summed E-state index contributed by atoms with van der Waals surface area (Å²) in [5.74, 6) is 1.80. The molecule has 0 aliphatic carbocycles. The molecule has 1 aromatic carbocycles. The third kappa shape index (κ3) is 4.70. The summed E-state index contributed by atoms with van der Waals surface area (Å²) in [5, 5.41) is 8.25. The van der Waals surface area contributed by atoms with Crippen molar-refractivity contribution in [1.29, 1.82) is 0 Å². The highest BCUT2D eigenvalue weighted by Crippen LogP contribution is 2.14. The molecule has 1 aliphatic heterocycles. The molecule has 0 amide bonds. The lowest BCUT2D eigenvalue weighted by Gasteiger charge is -2.36. The summed E-state index contributed by atoms with van der Waals surface area (Å²) in [6.07, 6.45) is 1.56. The van der Waals surface area contributed by atoms with E-state index >= 15 is 0 Å². The van der Waals surface area contributed by atoms with Gasteiger partial charge in [-0.05, 0) is 17.7 Å². The Morgan fingerprint density at radius 3 is 2.72 bits per heavy atom. The monoisotopic (exact) mass is 361 g/mol. The van der Waals surface area contributed by atoms with Crippen LogP contribution in [0.1, 0.15) is 11.4 Å². The Kier molecular flexibility index (Phi) is 5.88. The summed E-state index contributed by atoms with van der Waals surface area (Å²) in [4.78, 5) is 13.4. The molecular formula is C17H24ClN7. The zero-order valence-corrected chi connectivity index (χ0v) is 15.4. The Labute approximate surface area is 153 Å². The van der Waals surface area contributed by atoms with Crippen molar-refractivity contribution in [2.75, 3.05) is 33.2 Å². The van der Waals surface area contributed by atoms with Crippen LogP contribution in [0, 0.1) is 0 Å². The molecule has 2 aromatic rings. The van der Waals surface area contributed by atoms with Gasteiger partial charge in [-0.1, -0.05) is 23.7 Å². The quantitative estimate of drug-likeness (QED) is 0.658. The molecule has 8 heteroatoms. The molecule has 25 heavy (non-hydrogen) atoms. The van der Waals surface area contributed by atoms with Crippen LogP contribution in [0.25, 0.3) is 0 Å². The molecule has 0 saturated carbocycles. The van der Waals surface area contributed by atoms with Crippen LogP contribution >= 0.6 is 11.6 Å². The average Bonchev–Trinajstić information content (AvgIpc) is 3.02. The van der Waals surface area contributed by atoms with Crippen molar-refractivity contribution in [2.45, 2.75) is 13.1 Å². The van der Waals surface area contributed by atoms with Crippen LogP contribution in [0.2, 0.25) is 5.02 Å². The van der Waals surface area contributed by atoms with Crippen molar-refractivity contribution in [1.82, 2.24) is 29.9 Å². The van der Waals surface area contributed by atoms with E-state index in [9.17, 15) is 0 Å². The fourth-order valence-corrected chi connectivity index (χ4v) is 3.19. The molecule has 0 unspecified atom stereocenters. The number of hydrogen-bond donors (Lipinski definition) is 1. The fourth-order valence-electron chi connectivity index (χ4n) is 2.98. The van der Waals surface area contributed by atoms with Crippen LogP contribution in [0.5, 0.6) is 0 Å². The molecular weight excluding hydrogens is 338 g/mol. The van der Waals surface area contributed by atoms with Gasteiger partial charge in [-0.15, -0.1) is 0 Å². The largest absolute Gasteiger partial charge is 0.349 e. The summed E-state index contributed by atoms with van der Waals surface area (Å²) < 4.78 is 1.77. The second kappa shape index (κ2) is 8.31. The van der Waals surface area contributed by atoms with Gasteiger partial charge in [0.15, 0.2) is 5.96 Å². The molecule has 134 valence electrons. The number of piperazine rings is 1. The highest BCUT2D eigenvalue weighted by molar-refractivity contribution is 6.30. The highest BCUT2D eigenvalue weighted by Gasteiger charge is 2.20. The van der Waals surface area contributed by atoms with Gasteiger partial charge >= 0.3 is 0 Å². The zero-order valence-electron chi connectivity index (χ0n) is 14.7. The minimum absolute atomic E-state index is 0.617. The summed E-state index contributed by atoms with van der Waals surface area (Å²) in [7, 11) is 3.71. The van der Waals surface area contributed by atoms with Gasteiger partial charge in [-0.25, -0.2) is 4.98 Å². The number of aromatic nitrogens is 3. The maximum absolute atomic E-state index is 6.07. The van der Waals surface area contributed by atoms with Crippen LogP contribution in [0.4, 0.5) is 0 Å². The van der Waals surface area contributed by atoms with E-state index in [0.29, 0.717) is 6.54 Å². The molecule has 2 heterocycles. The minimum Gasteiger partial charge on any atom is -0.349 e. The molecule has 1 saturated heterocycles. The van der Waals surface area contributed by atoms with E-state index in [1.54, 1.807) is 11.0 Å². The van der Waals surface area contributed by atoms with Gasteiger partial charge < -0.3 is 10.2 Å². The third-order valence-corrected chi connectivity index (χ3v) is 4.62. The summed E-state index contributed by atoms with van der Waals surface area (Å²) in [5.41, 5.74) is 1.26. The van der Waals surface area contributed by atoms with Crippen molar-refractivity contribution in [3.8, 4) is 0 Å². The maximum Gasteiger partial charge on any atom is 0.194 e. The number of nitrogens with zero attached hydrogens (tertiary/aromatic N) is 6. The van der Waals surface area contributed by atoms with E-state index < -0.39 is 0 Å². The van der Waals surface area contributed by atoms with Gasteiger partial charge in [-0.2, -0.15) is 5.10 Å². The van der Waals surface area contributed by atoms with E-state index in [4.69, 9.17) is 11.6 Å². The van der Waals surface area contributed by atoms with Gasteiger partial charge in [0.1, 0.15) is 12.2 Å². The Morgan fingerprint density at radius 2 is 2.08 bits per heavy atom. The van der Waals surface area contributed by atoms with Crippen LogP contribution in [-0.4, -0.2) is 63.8 Å². The molecule has 0 atom stereocenters. The first kappa shape index (κ1) is 17.7. The van der Waals surface area contributed by atoms with E-state index in [1.807, 2.05) is 32.3 Å². The van der Waals surface area contributed by atoms with Crippen LogP contribution in [0.15, 0.2) is 35.6 Å². The van der Waals surface area contributed by atoms with E-state index in [0.717, 1.165) is 49.5 Å². The first-order chi connectivity index (χ1) is 12.2. The van der Waals surface area contributed by atoms with Crippen molar-refractivity contribution >= 4 is 17.6 Å². The smallest absolute Gasteiger partial charge is 0.194 e. The first-order valence-electron chi connectivity index (χ1n) is 8.41. The highest BCUT2D eigenvalue weighted by atomic mass is 35.5. The lowest BCUT2D eigenvalue weighted by molar-refractivity contribution is 0.172. The molecule has 7 nitrogen and oxygen atoms in total. The summed E-state index contributed by atoms with van der Waals surface area (Å²) in [6, 6.07) is 8.08. The summed E-state index contributed by atoms with van der Waals surface area (Å²) in [6.45, 7) is 5.43. The third-order valence-electron chi connectivity index (χ3n) is 4.39. The van der Waals surface area contributed by atoms with E-state index in [2.05, 4.69) is 36.3 Å². The normalized spacial score (nSPS) is 16.3. The number of hydrogen-bond acceptors (Lipinski definition) is 4. The zero-order chi connectivity index (χ0) is 17.6. The van der Waals surface area contributed by atoms with Crippen LogP contribution in [0.3, 0.4) is 0 Å². The van der Waals surface area contributed by atoms with Gasteiger partial charge in [0.25, 0.3) is 0 Å². The molecule has 0 radical (unpaired) electrons. The molecule has 0 spiro atoms. The van der Waals surface area contributed by atoms with Crippen molar-refractivity contribution in [3.05, 3.63) is 47.0 Å². The SMILES string of the molecule is CN=C(NCc1ncnn1C)N1CCN(Cc2cccc(Cl)c2)CC1. The molecule has 3 rings (SSSR count). The number of nitrogens with one attached hydrogen (secondary N) is 1. The first-order valence-corrected chi connectivity index (χ1v) is 8.79. The fraction of sp³-hybridized carbons (Fsp3) is 0.471. The molecule has 1 aliphatic rings. The van der Waals surface area contributed by atoms with E-state index in [-0.39, 0.29) is 0 Å². The topological polar surface area (TPSA) is 61.6 Å². The van der Waals surface area contributed by atoms with Crippen molar-refractivity contribution < 1.29 is 0 Å². The van der Waals surface area contributed by atoms with Gasteiger partial charge in [0.2, 0.25) is 0 Å². The molecule has 1 N–H and O–H groups in total. The van der Waals surface area contributed by atoms with Crippen molar-refractivity contribution in [3.63, 3.8) is 0 Å². The van der Waals surface area contributed by atoms with Gasteiger partial charge in [-0.3, -0.25) is 14.6 Å². The van der Waals surface area contributed by atoms with E-state index in [1.165, 1.54) is 5.56 Å². The number of benzene rings is 1. The predicted molar refractivity (Wildman–Crippen MR) is 99.5 cm³/mol. The van der Waals surface area contributed by atoms with Gasteiger partial charge in [0, 0.05) is 51.8 Å². The van der Waals surface area contributed by atoms with Crippen LogP contribution in [-0.2, 0) is 20.1 Å². The minimum atomic E-state index is 0.617. The number of guanidine groups is 1. The number of aliphatic imine (C=N–C) groups is 1. The molecule has 1 aromatic heterocycles. The lowest BCUT2D eigenvalue weighted by atomic mass is 10.2. The Morgan fingerprint density at radius 1 is 1.28 bits per heavy atom. The summed E-state index contributed by atoms with van der Waals surface area (Å²) >= 11 is 6.07. The maximum atomic E-state index is 6.07. The average molecular weight is 362 g/mol. The Bertz CT molecular complexity index is 719. The number of rotatable bonds is 4. The number of halogens is 1. The number of aryl methyl sites for hydroxylation is 1. The van der Waals surface area contributed by atoms with Gasteiger partial charge in [0.05, 0.1) is 6.54 Å². The molecule has 1 fully saturated rings. The lowest BCUT2D eigenvalue weighted by Crippen LogP contribution is -2.52.